The van der Waals surface area contributed by atoms with E-state index in [1.54, 1.807) is 19.1 Å². The van der Waals surface area contributed by atoms with Gasteiger partial charge >= 0.3 is 11.9 Å². The van der Waals surface area contributed by atoms with Gasteiger partial charge in [0.1, 0.15) is 176 Å². The van der Waals surface area contributed by atoms with E-state index < -0.39 is 390 Å². The van der Waals surface area contributed by atoms with Crippen molar-refractivity contribution in [2.75, 3.05) is 46.2 Å². The Morgan fingerprint density at radius 3 is 1.64 bits per heavy atom. The normalized spacial score (nSPS) is 49.5. The number of fused-ring (bicyclic) bond motifs is 7. The Morgan fingerprint density at radius 2 is 1.01 bits per heavy atom. The molecule has 5 aliphatic carbocycles. The first-order valence-corrected chi connectivity index (χ1v) is 51.6. The van der Waals surface area contributed by atoms with Gasteiger partial charge in [-0.05, 0) is 174 Å². The number of ether oxygens (including phenoxy) is 18. The molecule has 54 atom stereocenters. The Balaban J connectivity index is 0.746. The molecule has 0 aromatic heterocycles. The van der Waals surface area contributed by atoms with Gasteiger partial charge in [0.2, 0.25) is 12.6 Å². The standard InChI is InChI=1S/C101H160O47/c1-15-97(11,148-92-77(127)71(121)79(43(5)137-92)142-85(129)41(3)19-16-18-40(2)25-29-131-87-75(125)67(117)59(109)42(4)135-87)26-17-20-45(33-102)60(110)49-31-101(94(130)147-93-84(70(120)64(114)53(35-104)141-93)146-91-78(128)83(145-90-76(126)68(118)63(113)52(34-103)139-90)80(44(6)136-91)143-89-74(124)65(115)54(36-105)140-89)48(30-95(49,7)8)46-21-22-57-98(12)27-23-47(96(9,10)56(98)24-28-99(57,13)100(46,14)32-58(101)108)81-82(144-88-73(123)62(112)51(107)38-133-88)69(119)66(116)55(138-81)39-134-86-72(122)61(111)50(106)37-132-86/h15,19-21,25,29,40,42-44,47-59,61-84,86-93,102-109,111-128H,1,16-18,22-24,26-28,30-39H2,2-14H3/b29-25+,41-19-,45-20+/t40-,42-,43-,44+,47?,48+,49?,50-,51-,52-,53-,54-,55-,56+,57-,58-,59-,61-,62+,63-,64-,65-,66-,67+,68+,69+,70+,71-,72+,73-,74+,75-,76-,77-,78-,79-,80+,81+,82-,83+,84-,86+,87-,88+,89+,90+,91+,92+,93+,97-,98+,99-,100-,101-/m1/s1. The maximum atomic E-state index is 17.0. The SMILES string of the molecule is C=C[C@](C)(CC/C=C(\CO)C(=O)C1C[C@]2(C(=O)O[C@@H]3O[C@H](CO)[C@@H](O)[C@H](O)[C@H]3O[C@@H]3O[C@@H](C)[C@H](O[C@@H]4O[C@H](CO)[C@@H](O)[C@@H]4O)[C@@H](O[C@@H]4O[C@H](CO)[C@@H](O)[C@H](O)[C@H]4O)[C@H]3O)[C@H](O)C[C@]3(C)C(=CC[C@@H]4[C@@]5(C)CCC([C@@H]6O[C@H](CO[C@@H]7OC[C@@H](O)[C@@H](O)[C@@H]7O)[C@@H](O)[C@H](O)[C@H]6O[C@@H]6OC[C@@H](O)[C@H](O)[C@H]6O)C(C)(C)[C@@H]5CC[C@]43C)[C@@H]2CC1(C)C)O[C@@H]1O[C@H](C)[C@@H](OC(=O)/C(C)=C\CC[C@@H](C)/C=C/O[C@@H]2O[C@H](C)[C@@H](O)[C@H](O)[C@H]2O)[C@H](O)[C@H]1O. The lowest BCUT2D eigenvalue weighted by molar-refractivity contribution is -0.390. The van der Waals surface area contributed by atoms with Gasteiger partial charge in [-0.1, -0.05) is 85.3 Å². The van der Waals surface area contributed by atoms with Crippen LogP contribution in [-0.2, 0) is 99.6 Å². The van der Waals surface area contributed by atoms with E-state index in [9.17, 15) is 138 Å². The molecular weight excluding hydrogens is 1970 g/mol. The molecule has 47 nitrogen and oxygen atoms in total. The number of Topliss-reactive ketones (excluding diaryl/α,β-unsaturated/α-hetero) is 1. The van der Waals surface area contributed by atoms with Crippen LogP contribution in [0.4, 0.5) is 0 Å². The second kappa shape index (κ2) is 47.3. The number of esters is 2. The molecule has 9 aliphatic heterocycles. The Morgan fingerprint density at radius 1 is 0.500 bits per heavy atom. The van der Waals surface area contributed by atoms with Crippen molar-refractivity contribution < 1.29 is 232 Å². The first-order valence-electron chi connectivity index (χ1n) is 51.6. The van der Waals surface area contributed by atoms with Crippen LogP contribution in [0.2, 0.25) is 0 Å². The van der Waals surface area contributed by atoms with E-state index in [0.717, 1.165) is 0 Å². The largest absolute Gasteiger partial charge is 0.470 e. The van der Waals surface area contributed by atoms with Gasteiger partial charge in [0.05, 0.1) is 88.6 Å². The fourth-order valence-corrected chi connectivity index (χ4v) is 26.2. The number of carbonyl (C=O) groups is 3. The van der Waals surface area contributed by atoms with Gasteiger partial charge in [-0.15, -0.1) is 6.58 Å². The Labute approximate surface area is 857 Å². The number of carbonyl (C=O) groups excluding carboxylic acids is 3. The maximum absolute atomic E-state index is 17.0. The van der Waals surface area contributed by atoms with Crippen LogP contribution in [0.15, 0.2) is 59.9 Å². The fraction of sp³-hybridized carbons (Fsp3) is 0.871. The zero-order chi connectivity index (χ0) is 109. The molecule has 9 saturated heterocycles. The summed E-state index contributed by atoms with van der Waals surface area (Å²) >= 11 is 0. The van der Waals surface area contributed by atoms with Crippen LogP contribution >= 0.6 is 0 Å². The molecule has 4 saturated carbocycles. The molecule has 0 aromatic rings. The van der Waals surface area contributed by atoms with Crippen LogP contribution in [0.1, 0.15) is 167 Å². The zero-order valence-electron chi connectivity index (χ0n) is 85.6. The molecule has 9 heterocycles. The minimum atomic E-state index is -2.30. The summed E-state index contributed by atoms with van der Waals surface area (Å²) in [5.74, 6) is -6.37. The lowest BCUT2D eigenvalue weighted by Crippen LogP contribution is -2.70. The van der Waals surface area contributed by atoms with Gasteiger partial charge in [-0.3, -0.25) is 9.59 Å². The molecule has 2 unspecified atom stereocenters. The number of hydrogen-bond acceptors (Lipinski definition) is 47. The summed E-state index contributed by atoms with van der Waals surface area (Å²) in [5.41, 5.74) is -7.52. The highest BCUT2D eigenvalue weighted by Crippen LogP contribution is 2.77. The van der Waals surface area contributed by atoms with Crippen LogP contribution in [-0.4, -0.2) is 466 Å². The topological polar surface area (TPSA) is 743 Å². The third kappa shape index (κ3) is 22.7. The summed E-state index contributed by atoms with van der Waals surface area (Å²) in [5, 5.41) is 292. The predicted molar refractivity (Wildman–Crippen MR) is 500 cm³/mol. The van der Waals surface area contributed by atoms with Crippen molar-refractivity contribution in [3.63, 3.8) is 0 Å². The van der Waals surface area contributed by atoms with Crippen molar-refractivity contribution in [3.05, 3.63) is 59.9 Å². The summed E-state index contributed by atoms with van der Waals surface area (Å²) in [6.45, 7) is 22.3. The van der Waals surface area contributed by atoms with Crippen LogP contribution in [0.3, 0.4) is 0 Å². The Bertz CT molecular complexity index is 4560. The highest BCUT2D eigenvalue weighted by molar-refractivity contribution is 5.98. The first kappa shape index (κ1) is 119. The maximum Gasteiger partial charge on any atom is 0.333 e. The van der Waals surface area contributed by atoms with Crippen molar-refractivity contribution in [1.29, 1.82) is 0 Å². The minimum absolute atomic E-state index is 0.0443. The summed E-state index contributed by atoms with van der Waals surface area (Å²) in [7, 11) is 0. The third-order valence-electron chi connectivity index (χ3n) is 35.7. The average Bonchev–Trinajstić information content (AvgIpc) is 0.691. The second-order valence-electron chi connectivity index (χ2n) is 45.7. The number of hydrogen-bond donors (Lipinski definition) is 26. The Kier molecular flexibility index (Phi) is 38.0. The molecule has 26 N–H and O–H groups in total. The number of aliphatic hydroxyl groups is 26. The van der Waals surface area contributed by atoms with Crippen molar-refractivity contribution in [2.24, 2.45) is 68.0 Å². The zero-order valence-corrected chi connectivity index (χ0v) is 85.6. The van der Waals surface area contributed by atoms with Crippen molar-refractivity contribution in [2.45, 2.75) is 437 Å². The molecule has 0 spiro atoms. The Hall–Kier alpha value is -4.53. The molecule has 14 aliphatic rings. The monoisotopic (exact) mass is 2130 g/mol. The first-order chi connectivity index (χ1) is 69.5. The van der Waals surface area contributed by atoms with E-state index in [0.29, 0.717) is 50.5 Å². The lowest BCUT2D eigenvalue weighted by atomic mass is 9.32. The molecule has 0 bridgehead atoms. The van der Waals surface area contributed by atoms with Gasteiger partial charge in [0.15, 0.2) is 55.7 Å². The van der Waals surface area contributed by atoms with E-state index in [-0.39, 0.29) is 54.6 Å². The van der Waals surface area contributed by atoms with Gasteiger partial charge in [0.25, 0.3) is 0 Å². The van der Waals surface area contributed by atoms with Gasteiger partial charge in [-0.2, -0.15) is 0 Å². The summed E-state index contributed by atoms with van der Waals surface area (Å²) in [6, 6.07) is 0. The predicted octanol–water partition coefficient (Wildman–Crippen LogP) is -5.82. The summed E-state index contributed by atoms with van der Waals surface area (Å²) in [4.78, 5) is 46.7. The molecule has 13 fully saturated rings. The number of aliphatic hydroxyl groups excluding tert-OH is 26. The lowest BCUT2D eigenvalue weighted by Gasteiger charge is -2.72. The molecule has 47 heteroatoms. The summed E-state index contributed by atoms with van der Waals surface area (Å²) < 4.78 is 109. The van der Waals surface area contributed by atoms with Gasteiger partial charge in [0, 0.05) is 17.1 Å². The van der Waals surface area contributed by atoms with Crippen LogP contribution in [0.5, 0.6) is 0 Å². The highest BCUT2D eigenvalue weighted by Gasteiger charge is 2.75. The van der Waals surface area contributed by atoms with Crippen molar-refractivity contribution in [3.8, 4) is 0 Å². The molecule has 0 amide bonds. The molecule has 14 rings (SSSR count). The molecule has 148 heavy (non-hydrogen) atoms. The minimum Gasteiger partial charge on any atom is -0.470 e. The van der Waals surface area contributed by atoms with E-state index in [2.05, 4.69) is 40.3 Å². The molecule has 846 valence electrons. The molecular formula is C101H160O47. The van der Waals surface area contributed by atoms with Gasteiger partial charge < -0.3 is 218 Å². The summed E-state index contributed by atoms with van der Waals surface area (Å²) in [6.07, 6.45) is -62.1. The smallest absolute Gasteiger partial charge is 0.333 e. The second-order valence-corrected chi connectivity index (χ2v) is 45.7. The molecule has 0 radical (unpaired) electrons. The van der Waals surface area contributed by atoms with E-state index >= 15 is 9.59 Å². The van der Waals surface area contributed by atoms with Crippen LogP contribution in [0.25, 0.3) is 0 Å². The average molecular weight is 2130 g/mol. The quantitative estimate of drug-likeness (QED) is 0.0123. The van der Waals surface area contributed by atoms with Gasteiger partial charge in [-0.25, -0.2) is 4.79 Å². The number of ketones is 1. The van der Waals surface area contributed by atoms with Crippen molar-refractivity contribution in [1.82, 2.24) is 0 Å². The fourth-order valence-electron chi connectivity index (χ4n) is 26.2. The van der Waals surface area contributed by atoms with E-state index in [4.69, 9.17) is 85.3 Å². The molecule has 0 aromatic carbocycles. The number of allylic oxidation sites excluding steroid dienone is 5. The third-order valence-corrected chi connectivity index (χ3v) is 35.7. The highest BCUT2D eigenvalue weighted by atomic mass is 16.8. The van der Waals surface area contributed by atoms with Crippen LogP contribution in [0, 0.1) is 68.0 Å². The van der Waals surface area contributed by atoms with E-state index in [1.807, 2.05) is 27.7 Å². The van der Waals surface area contributed by atoms with Crippen molar-refractivity contribution >= 4 is 17.7 Å². The van der Waals surface area contributed by atoms with E-state index in [1.165, 1.54) is 46.1 Å². The van der Waals surface area contributed by atoms with Crippen LogP contribution < -0.4 is 0 Å². The number of rotatable bonds is 34.